The predicted octanol–water partition coefficient (Wildman–Crippen LogP) is 4.09. The zero-order valence-corrected chi connectivity index (χ0v) is 16.0. The Labute approximate surface area is 164 Å². The number of nitrogens with one attached hydrogen (secondary N) is 1. The first-order valence-corrected chi connectivity index (χ1v) is 9.56. The highest BCUT2D eigenvalue weighted by atomic mass is 16.2. The smallest absolute Gasteiger partial charge is 0.240 e. The van der Waals surface area contributed by atoms with Crippen molar-refractivity contribution in [2.24, 2.45) is 0 Å². The first-order valence-electron chi connectivity index (χ1n) is 9.56. The Morgan fingerprint density at radius 3 is 2.57 bits per heavy atom. The van der Waals surface area contributed by atoms with Gasteiger partial charge in [0, 0.05) is 30.7 Å². The molecule has 0 radical (unpaired) electrons. The molecule has 4 rings (SSSR count). The van der Waals surface area contributed by atoms with Gasteiger partial charge in [0.2, 0.25) is 5.91 Å². The maximum Gasteiger partial charge on any atom is 0.240 e. The summed E-state index contributed by atoms with van der Waals surface area (Å²) in [5.41, 5.74) is 2.19. The van der Waals surface area contributed by atoms with E-state index in [0.29, 0.717) is 6.54 Å². The fraction of sp³-hybridized carbons (Fsp3) is 0.217. The van der Waals surface area contributed by atoms with E-state index in [4.69, 9.17) is 0 Å². The molecule has 1 amide bonds. The number of carbonyl (C=O) groups excluding carboxylic acids is 1. The zero-order chi connectivity index (χ0) is 19.3. The van der Waals surface area contributed by atoms with Gasteiger partial charge in [0.05, 0.1) is 6.04 Å². The van der Waals surface area contributed by atoms with E-state index in [1.165, 1.54) is 0 Å². The number of fused-ring (bicyclic) bond motifs is 1. The van der Waals surface area contributed by atoms with Crippen LogP contribution in [0.1, 0.15) is 23.9 Å². The van der Waals surface area contributed by atoms with Crippen molar-refractivity contribution in [3.8, 4) is 0 Å². The second-order valence-electron chi connectivity index (χ2n) is 6.99. The first kappa shape index (κ1) is 18.0. The van der Waals surface area contributed by atoms with Gasteiger partial charge in [0.15, 0.2) is 0 Å². The van der Waals surface area contributed by atoms with Crippen LogP contribution in [0.4, 0.5) is 0 Å². The van der Waals surface area contributed by atoms with Crippen LogP contribution < -0.4 is 5.32 Å². The molecule has 0 fully saturated rings. The summed E-state index contributed by atoms with van der Waals surface area (Å²) in [6.45, 7) is 3.10. The minimum absolute atomic E-state index is 0.0116. The number of nitrogens with zero attached hydrogens (tertiary/aromatic N) is 3. The molecule has 0 aliphatic heterocycles. The van der Waals surface area contributed by atoms with E-state index in [0.717, 1.165) is 35.3 Å². The Kier molecular flexibility index (Phi) is 5.24. The summed E-state index contributed by atoms with van der Waals surface area (Å²) in [6.07, 6.45) is 6.56. The van der Waals surface area contributed by atoms with Crippen LogP contribution in [-0.2, 0) is 17.9 Å². The summed E-state index contributed by atoms with van der Waals surface area (Å²) in [7, 11) is 0. The summed E-state index contributed by atoms with van der Waals surface area (Å²) in [6, 6.07) is 20.3. The highest BCUT2D eigenvalue weighted by Crippen LogP contribution is 2.19. The Balaban J connectivity index is 1.48. The molecule has 0 saturated heterocycles. The van der Waals surface area contributed by atoms with E-state index in [-0.39, 0.29) is 11.9 Å². The van der Waals surface area contributed by atoms with Gasteiger partial charge in [-0.25, -0.2) is 4.98 Å². The van der Waals surface area contributed by atoms with Gasteiger partial charge in [-0.1, -0.05) is 48.5 Å². The van der Waals surface area contributed by atoms with Crippen LogP contribution in [0.3, 0.4) is 0 Å². The second kappa shape index (κ2) is 8.13. The molecule has 0 bridgehead atoms. The number of amides is 1. The molecular weight excluding hydrogens is 348 g/mol. The number of rotatable bonds is 7. The largest absolute Gasteiger partial charge is 0.348 e. The summed E-state index contributed by atoms with van der Waals surface area (Å²) in [5, 5.41) is 4.37. The maximum absolute atomic E-state index is 12.8. The molecule has 1 N–H and O–H groups in total. The van der Waals surface area contributed by atoms with Crippen LogP contribution >= 0.6 is 0 Å². The molecule has 4 aromatic rings. The van der Waals surface area contributed by atoms with Crippen molar-refractivity contribution >= 4 is 16.8 Å². The SMILES string of the molecule is Cc1nccn1CC[C@@H](NC(=O)Cn1ccc2ccccc21)c1ccccc1. The van der Waals surface area contributed by atoms with Gasteiger partial charge in [-0.2, -0.15) is 0 Å². The number of para-hydroxylation sites is 1. The Morgan fingerprint density at radius 1 is 1.00 bits per heavy atom. The number of benzene rings is 2. The standard InChI is InChI=1S/C23H24N4O/c1-18-24-13-16-26(18)15-12-21(19-7-3-2-4-8-19)25-23(28)17-27-14-11-20-9-5-6-10-22(20)27/h2-11,13-14,16,21H,12,15,17H2,1H3,(H,25,28)/t21-/m1/s1. The normalized spacial score (nSPS) is 12.2. The monoisotopic (exact) mass is 372 g/mol. The average molecular weight is 372 g/mol. The lowest BCUT2D eigenvalue weighted by atomic mass is 10.0. The minimum Gasteiger partial charge on any atom is -0.348 e. The molecule has 2 heterocycles. The molecule has 2 aromatic heterocycles. The number of imidazole rings is 1. The van der Waals surface area contributed by atoms with Gasteiger partial charge in [0.25, 0.3) is 0 Å². The van der Waals surface area contributed by atoms with Crippen molar-refractivity contribution in [1.29, 1.82) is 0 Å². The number of aryl methyl sites for hydroxylation is 2. The molecule has 5 nitrogen and oxygen atoms in total. The van der Waals surface area contributed by atoms with Crippen LogP contribution in [0.15, 0.2) is 79.3 Å². The molecule has 28 heavy (non-hydrogen) atoms. The van der Waals surface area contributed by atoms with Crippen molar-refractivity contribution in [2.45, 2.75) is 32.5 Å². The minimum atomic E-state index is -0.0441. The highest BCUT2D eigenvalue weighted by Gasteiger charge is 2.16. The van der Waals surface area contributed by atoms with E-state index in [1.807, 2.05) is 72.5 Å². The lowest BCUT2D eigenvalue weighted by Crippen LogP contribution is -2.32. The third kappa shape index (κ3) is 3.98. The quantitative estimate of drug-likeness (QED) is 0.531. The van der Waals surface area contributed by atoms with E-state index >= 15 is 0 Å². The van der Waals surface area contributed by atoms with Crippen molar-refractivity contribution in [3.05, 3.63) is 90.6 Å². The Morgan fingerprint density at radius 2 is 1.79 bits per heavy atom. The number of hydrogen-bond donors (Lipinski definition) is 1. The molecule has 5 heteroatoms. The first-order chi connectivity index (χ1) is 13.7. The molecule has 0 aliphatic rings. The molecule has 0 spiro atoms. The van der Waals surface area contributed by atoms with Crippen molar-refractivity contribution in [1.82, 2.24) is 19.4 Å². The van der Waals surface area contributed by atoms with Crippen LogP contribution in [0.2, 0.25) is 0 Å². The summed E-state index contributed by atoms with van der Waals surface area (Å²) in [5.74, 6) is 0.995. The van der Waals surface area contributed by atoms with E-state index in [1.54, 1.807) is 0 Å². The number of carbonyl (C=O) groups is 1. The number of hydrogen-bond acceptors (Lipinski definition) is 2. The number of aromatic nitrogens is 3. The highest BCUT2D eigenvalue weighted by molar-refractivity contribution is 5.83. The third-order valence-corrected chi connectivity index (χ3v) is 5.11. The van der Waals surface area contributed by atoms with Crippen LogP contribution in [-0.4, -0.2) is 20.0 Å². The van der Waals surface area contributed by atoms with Gasteiger partial charge >= 0.3 is 0 Å². The van der Waals surface area contributed by atoms with Crippen LogP contribution in [0.5, 0.6) is 0 Å². The van der Waals surface area contributed by atoms with Crippen LogP contribution in [0.25, 0.3) is 10.9 Å². The maximum atomic E-state index is 12.8. The molecule has 1 atom stereocenters. The van der Waals surface area contributed by atoms with Crippen molar-refractivity contribution in [2.75, 3.05) is 0 Å². The molecule has 2 aromatic carbocycles. The van der Waals surface area contributed by atoms with Gasteiger partial charge in [0.1, 0.15) is 12.4 Å². The third-order valence-electron chi connectivity index (χ3n) is 5.11. The molecular formula is C23H24N4O. The van der Waals surface area contributed by atoms with Gasteiger partial charge < -0.3 is 14.5 Å². The molecule has 0 aliphatic carbocycles. The summed E-state index contributed by atoms with van der Waals surface area (Å²) < 4.78 is 4.11. The van der Waals surface area contributed by atoms with Crippen LogP contribution in [0, 0.1) is 6.92 Å². The predicted molar refractivity (Wildman–Crippen MR) is 111 cm³/mol. The Hall–Kier alpha value is -3.34. The fourth-order valence-corrected chi connectivity index (χ4v) is 3.59. The average Bonchev–Trinajstić information content (AvgIpc) is 3.32. The lowest BCUT2D eigenvalue weighted by molar-refractivity contribution is -0.122. The van der Waals surface area contributed by atoms with E-state index in [2.05, 4.69) is 33.1 Å². The summed E-state index contributed by atoms with van der Waals surface area (Å²) >= 11 is 0. The van der Waals surface area contributed by atoms with Gasteiger partial charge in [-0.15, -0.1) is 0 Å². The second-order valence-corrected chi connectivity index (χ2v) is 6.99. The fourth-order valence-electron chi connectivity index (χ4n) is 3.59. The zero-order valence-electron chi connectivity index (χ0n) is 16.0. The van der Waals surface area contributed by atoms with Gasteiger partial charge in [-0.05, 0) is 36.4 Å². The van der Waals surface area contributed by atoms with E-state index in [9.17, 15) is 4.79 Å². The summed E-state index contributed by atoms with van der Waals surface area (Å²) in [4.78, 5) is 17.1. The lowest BCUT2D eigenvalue weighted by Gasteiger charge is -2.20. The molecule has 0 unspecified atom stereocenters. The Bertz CT molecular complexity index is 1060. The van der Waals surface area contributed by atoms with Gasteiger partial charge in [-0.3, -0.25) is 4.79 Å². The molecule has 142 valence electrons. The van der Waals surface area contributed by atoms with Crippen molar-refractivity contribution < 1.29 is 4.79 Å². The molecule has 0 saturated carbocycles. The van der Waals surface area contributed by atoms with Crippen molar-refractivity contribution in [3.63, 3.8) is 0 Å². The van der Waals surface area contributed by atoms with E-state index < -0.39 is 0 Å². The topological polar surface area (TPSA) is 51.9 Å².